The fraction of sp³-hybridized carbons (Fsp3) is 0.640. The van der Waals surface area contributed by atoms with Gasteiger partial charge in [0.15, 0.2) is 0 Å². The van der Waals surface area contributed by atoms with Gasteiger partial charge in [0.25, 0.3) is 0 Å². The molecule has 2 heterocycles. The highest BCUT2D eigenvalue weighted by atomic mass is 35.5. The lowest BCUT2D eigenvalue weighted by atomic mass is 9.90. The number of benzene rings is 1. The smallest absolute Gasteiger partial charge is 0.119 e. The molecule has 1 saturated carbocycles. The number of nitrogens with zero attached hydrogens (tertiary/aromatic N) is 2. The number of methoxy groups -OCH3 is 1. The lowest BCUT2D eigenvalue weighted by molar-refractivity contribution is 0.186. The molecule has 4 rings (SSSR count). The molecule has 1 aliphatic carbocycles. The number of hydrogen-bond donors (Lipinski definition) is 0. The topological polar surface area (TPSA) is 25.4 Å². The molecule has 0 radical (unpaired) electrons. The molecule has 0 bridgehead atoms. The molecule has 0 atom stereocenters. The Bertz CT molecular complexity index is 816. The van der Waals surface area contributed by atoms with Crippen LogP contribution in [-0.4, -0.2) is 47.6 Å². The quantitative estimate of drug-likeness (QED) is 0.432. The first-order valence-electron chi connectivity index (χ1n) is 11.7. The van der Waals surface area contributed by atoms with Gasteiger partial charge in [-0.2, -0.15) is 11.8 Å². The third-order valence-corrected chi connectivity index (χ3v) is 8.63. The minimum atomic E-state index is 0.783. The van der Waals surface area contributed by atoms with Crippen molar-refractivity contribution in [3.05, 3.63) is 35.0 Å². The van der Waals surface area contributed by atoms with Gasteiger partial charge in [0.2, 0.25) is 0 Å². The summed E-state index contributed by atoms with van der Waals surface area (Å²) >= 11 is 8.75. The lowest BCUT2D eigenvalue weighted by Crippen LogP contribution is -2.35. The van der Waals surface area contributed by atoms with Crippen molar-refractivity contribution in [1.82, 2.24) is 9.88 Å². The van der Waals surface area contributed by atoms with E-state index in [0.29, 0.717) is 0 Å². The molecule has 3 nitrogen and oxygen atoms in total. The number of pyridine rings is 1. The highest BCUT2D eigenvalue weighted by Gasteiger charge is 2.20. The number of rotatable bonds is 9. The van der Waals surface area contributed by atoms with Gasteiger partial charge in [-0.3, -0.25) is 4.98 Å². The minimum Gasteiger partial charge on any atom is -0.497 e. The standard InChI is InChI=1S/C25H35ClN2OS/c1-29-20-9-10-25-23(17-20)22(24(26)18-27-25)8-4-5-19-11-13-28(14-12-19)15-16-30-21-6-2-3-7-21/h9-10,17-19,21H,2-8,11-16H2,1H3. The van der Waals surface area contributed by atoms with Crippen LogP contribution < -0.4 is 4.74 Å². The zero-order valence-electron chi connectivity index (χ0n) is 18.2. The molecule has 2 aliphatic rings. The number of thioether (sulfide) groups is 1. The van der Waals surface area contributed by atoms with Gasteiger partial charge in [-0.25, -0.2) is 0 Å². The SMILES string of the molecule is COc1ccc2ncc(Cl)c(CCCC3CCN(CCSC4CCCC4)CC3)c2c1. The normalized spacial score (nSPS) is 19.0. The fourth-order valence-electron chi connectivity index (χ4n) is 5.05. The Labute approximate surface area is 190 Å². The van der Waals surface area contributed by atoms with Crippen molar-refractivity contribution in [1.29, 1.82) is 0 Å². The van der Waals surface area contributed by atoms with Crippen LogP contribution in [0.2, 0.25) is 5.02 Å². The van der Waals surface area contributed by atoms with Crippen LogP contribution in [0.5, 0.6) is 5.75 Å². The van der Waals surface area contributed by atoms with E-state index in [1.54, 1.807) is 13.3 Å². The van der Waals surface area contributed by atoms with Crippen LogP contribution in [0, 0.1) is 5.92 Å². The van der Waals surface area contributed by atoms with E-state index in [9.17, 15) is 0 Å². The molecule has 5 heteroatoms. The van der Waals surface area contributed by atoms with Crippen LogP contribution in [0.15, 0.2) is 24.4 Å². The summed E-state index contributed by atoms with van der Waals surface area (Å²) in [5, 5.41) is 2.88. The molecule has 0 amide bonds. The predicted octanol–water partition coefficient (Wildman–Crippen LogP) is 6.61. The Kier molecular flexibility index (Phi) is 8.20. The van der Waals surface area contributed by atoms with Crippen molar-refractivity contribution in [2.75, 3.05) is 32.5 Å². The maximum atomic E-state index is 6.52. The van der Waals surface area contributed by atoms with Gasteiger partial charge in [-0.1, -0.05) is 30.9 Å². The third kappa shape index (κ3) is 5.83. The van der Waals surface area contributed by atoms with Crippen LogP contribution in [0.4, 0.5) is 0 Å². The second-order valence-electron chi connectivity index (χ2n) is 8.92. The van der Waals surface area contributed by atoms with E-state index >= 15 is 0 Å². The first-order valence-corrected chi connectivity index (χ1v) is 13.1. The highest BCUT2D eigenvalue weighted by Crippen LogP contribution is 2.31. The number of halogens is 1. The molecule has 1 aliphatic heterocycles. The fourth-order valence-corrected chi connectivity index (χ4v) is 6.66. The summed E-state index contributed by atoms with van der Waals surface area (Å²) in [6, 6.07) is 6.06. The van der Waals surface area contributed by atoms with Gasteiger partial charge in [0, 0.05) is 29.1 Å². The van der Waals surface area contributed by atoms with E-state index < -0.39 is 0 Å². The van der Waals surface area contributed by atoms with Crippen LogP contribution in [0.3, 0.4) is 0 Å². The molecule has 1 saturated heterocycles. The number of hydrogen-bond acceptors (Lipinski definition) is 4. The van der Waals surface area contributed by atoms with Crippen LogP contribution in [-0.2, 0) is 6.42 Å². The summed E-state index contributed by atoms with van der Waals surface area (Å²) in [5.74, 6) is 3.06. The molecule has 1 aromatic heterocycles. The van der Waals surface area contributed by atoms with Gasteiger partial charge < -0.3 is 9.64 Å². The molecule has 0 spiro atoms. The van der Waals surface area contributed by atoms with Crippen LogP contribution in [0.25, 0.3) is 10.9 Å². The number of fused-ring (bicyclic) bond motifs is 1. The van der Waals surface area contributed by atoms with E-state index in [4.69, 9.17) is 16.3 Å². The van der Waals surface area contributed by atoms with Gasteiger partial charge in [-0.15, -0.1) is 0 Å². The number of ether oxygens (including phenoxy) is 1. The van der Waals surface area contributed by atoms with E-state index in [1.807, 2.05) is 12.1 Å². The van der Waals surface area contributed by atoms with Gasteiger partial charge in [0.1, 0.15) is 5.75 Å². The molecule has 2 aromatic rings. The Balaban J connectivity index is 1.21. The molecular weight excluding hydrogens is 412 g/mol. The van der Waals surface area contributed by atoms with E-state index in [1.165, 1.54) is 82.3 Å². The summed E-state index contributed by atoms with van der Waals surface area (Å²) in [5.41, 5.74) is 2.22. The molecule has 1 aromatic carbocycles. The van der Waals surface area contributed by atoms with Gasteiger partial charge in [-0.05, 0) is 81.3 Å². The summed E-state index contributed by atoms with van der Waals surface area (Å²) in [6.45, 7) is 3.85. The molecular formula is C25H35ClN2OS. The number of piperidine rings is 1. The summed E-state index contributed by atoms with van der Waals surface area (Å²) in [6.07, 6.45) is 13.8. The minimum absolute atomic E-state index is 0.783. The van der Waals surface area contributed by atoms with Crippen molar-refractivity contribution in [2.24, 2.45) is 5.92 Å². The maximum absolute atomic E-state index is 6.52. The van der Waals surface area contributed by atoms with E-state index in [2.05, 4.69) is 27.7 Å². The Hall–Kier alpha value is -0.970. The Morgan fingerprint density at radius 2 is 1.97 bits per heavy atom. The molecule has 30 heavy (non-hydrogen) atoms. The van der Waals surface area contributed by atoms with Crippen molar-refractivity contribution in [2.45, 2.75) is 63.0 Å². The first-order chi connectivity index (χ1) is 14.7. The van der Waals surface area contributed by atoms with Gasteiger partial charge >= 0.3 is 0 Å². The van der Waals surface area contributed by atoms with Crippen molar-refractivity contribution >= 4 is 34.3 Å². The zero-order valence-corrected chi connectivity index (χ0v) is 19.8. The van der Waals surface area contributed by atoms with Crippen molar-refractivity contribution in [3.63, 3.8) is 0 Å². The average molecular weight is 447 g/mol. The number of likely N-dealkylation sites (tertiary alicyclic amines) is 1. The Morgan fingerprint density at radius 3 is 2.73 bits per heavy atom. The van der Waals surface area contributed by atoms with E-state index in [-0.39, 0.29) is 0 Å². The van der Waals surface area contributed by atoms with Crippen LogP contribution in [0.1, 0.15) is 56.9 Å². The average Bonchev–Trinajstić information content (AvgIpc) is 3.29. The molecule has 0 unspecified atom stereocenters. The molecule has 0 N–H and O–H groups in total. The predicted molar refractivity (Wildman–Crippen MR) is 130 cm³/mol. The summed E-state index contributed by atoms with van der Waals surface area (Å²) < 4.78 is 5.41. The lowest BCUT2D eigenvalue weighted by Gasteiger charge is -2.32. The maximum Gasteiger partial charge on any atom is 0.119 e. The summed E-state index contributed by atoms with van der Waals surface area (Å²) in [7, 11) is 1.71. The highest BCUT2D eigenvalue weighted by molar-refractivity contribution is 7.99. The van der Waals surface area contributed by atoms with Crippen molar-refractivity contribution < 1.29 is 4.74 Å². The molecule has 164 valence electrons. The number of aromatic nitrogens is 1. The summed E-state index contributed by atoms with van der Waals surface area (Å²) in [4.78, 5) is 7.17. The second kappa shape index (κ2) is 11.1. The third-order valence-electron chi connectivity index (χ3n) is 6.94. The largest absolute Gasteiger partial charge is 0.497 e. The first kappa shape index (κ1) is 22.2. The van der Waals surface area contributed by atoms with Gasteiger partial charge in [0.05, 0.1) is 17.6 Å². The Morgan fingerprint density at radius 1 is 1.17 bits per heavy atom. The van der Waals surface area contributed by atoms with Crippen molar-refractivity contribution in [3.8, 4) is 5.75 Å². The molecule has 2 fully saturated rings. The van der Waals surface area contributed by atoms with Crippen LogP contribution >= 0.6 is 23.4 Å². The monoisotopic (exact) mass is 446 g/mol. The second-order valence-corrected chi connectivity index (χ2v) is 10.7. The zero-order chi connectivity index (χ0) is 20.8. The number of aryl methyl sites for hydroxylation is 1. The van der Waals surface area contributed by atoms with E-state index in [0.717, 1.165) is 39.3 Å².